The number of amides is 1. The van der Waals surface area contributed by atoms with E-state index >= 15 is 0 Å². The molecule has 0 heterocycles. The Kier molecular flexibility index (Phi) is 6.10. The Morgan fingerprint density at radius 3 is 2.32 bits per heavy atom. The predicted molar refractivity (Wildman–Crippen MR) is 105 cm³/mol. The molecule has 0 spiro atoms. The molecule has 0 atom stereocenters. The molecule has 0 radical (unpaired) electrons. The molecule has 0 saturated heterocycles. The molecular formula is C21H17N3O4. The van der Waals surface area contributed by atoms with Crippen molar-refractivity contribution in [3.05, 3.63) is 106 Å². The number of benzene rings is 3. The second kappa shape index (κ2) is 9.09. The highest BCUT2D eigenvalue weighted by Gasteiger charge is 2.08. The largest absolute Gasteiger partial charge is 0.489 e. The van der Waals surface area contributed by atoms with E-state index in [1.165, 1.54) is 30.5 Å². The first kappa shape index (κ1) is 18.8. The summed E-state index contributed by atoms with van der Waals surface area (Å²) in [4.78, 5) is 22.1. The number of carbonyl (C=O) groups excluding carboxylic acids is 1. The zero-order valence-corrected chi connectivity index (χ0v) is 14.8. The van der Waals surface area contributed by atoms with Gasteiger partial charge in [0.15, 0.2) is 0 Å². The summed E-state index contributed by atoms with van der Waals surface area (Å²) < 4.78 is 5.71. The minimum absolute atomic E-state index is 0.0744. The monoisotopic (exact) mass is 375 g/mol. The van der Waals surface area contributed by atoms with Gasteiger partial charge in [0.25, 0.3) is 11.6 Å². The van der Waals surface area contributed by atoms with E-state index in [1.807, 2.05) is 54.6 Å². The van der Waals surface area contributed by atoms with Gasteiger partial charge >= 0.3 is 0 Å². The molecule has 3 rings (SSSR count). The van der Waals surface area contributed by atoms with Crippen LogP contribution in [0.5, 0.6) is 5.75 Å². The lowest BCUT2D eigenvalue weighted by molar-refractivity contribution is -0.384. The molecule has 0 unspecified atom stereocenters. The van der Waals surface area contributed by atoms with Crippen LogP contribution in [0.15, 0.2) is 84.0 Å². The van der Waals surface area contributed by atoms with E-state index in [2.05, 4.69) is 10.5 Å². The summed E-state index contributed by atoms with van der Waals surface area (Å²) in [5.74, 6) is 0.282. The third-order valence-corrected chi connectivity index (χ3v) is 3.85. The van der Waals surface area contributed by atoms with Crippen LogP contribution in [0.25, 0.3) is 0 Å². The molecule has 1 N–H and O–H groups in total. The van der Waals surface area contributed by atoms with Crippen LogP contribution in [0.2, 0.25) is 0 Å². The van der Waals surface area contributed by atoms with Crippen molar-refractivity contribution in [2.24, 2.45) is 5.10 Å². The van der Waals surface area contributed by atoms with Gasteiger partial charge in [-0.2, -0.15) is 5.10 Å². The highest BCUT2D eigenvalue weighted by molar-refractivity contribution is 5.95. The first-order valence-electron chi connectivity index (χ1n) is 8.46. The average Bonchev–Trinajstić information content (AvgIpc) is 2.74. The molecule has 0 bridgehead atoms. The van der Waals surface area contributed by atoms with Gasteiger partial charge in [0.1, 0.15) is 12.4 Å². The Morgan fingerprint density at radius 1 is 1.00 bits per heavy atom. The van der Waals surface area contributed by atoms with Gasteiger partial charge in [0.05, 0.1) is 11.1 Å². The Balaban J connectivity index is 1.51. The summed E-state index contributed by atoms with van der Waals surface area (Å²) >= 11 is 0. The molecule has 140 valence electrons. The third kappa shape index (κ3) is 5.25. The quantitative estimate of drug-likeness (QED) is 0.384. The maximum atomic E-state index is 12.0. The van der Waals surface area contributed by atoms with Gasteiger partial charge in [-0.3, -0.25) is 14.9 Å². The van der Waals surface area contributed by atoms with Gasteiger partial charge < -0.3 is 4.74 Å². The molecule has 3 aromatic rings. The van der Waals surface area contributed by atoms with Gasteiger partial charge in [-0.25, -0.2) is 5.43 Å². The van der Waals surface area contributed by atoms with Gasteiger partial charge in [-0.1, -0.05) is 30.3 Å². The molecule has 0 aliphatic rings. The van der Waals surface area contributed by atoms with Crippen LogP contribution >= 0.6 is 0 Å². The molecule has 7 nitrogen and oxygen atoms in total. The average molecular weight is 375 g/mol. The minimum atomic E-state index is -0.521. The normalized spacial score (nSPS) is 10.6. The third-order valence-electron chi connectivity index (χ3n) is 3.85. The number of rotatable bonds is 7. The van der Waals surface area contributed by atoms with E-state index in [4.69, 9.17) is 4.74 Å². The molecule has 0 aromatic heterocycles. The summed E-state index contributed by atoms with van der Waals surface area (Å²) in [5.41, 5.74) is 4.47. The number of ether oxygens (including phenoxy) is 1. The number of non-ortho nitro benzene ring substituents is 1. The highest BCUT2D eigenvalue weighted by Crippen LogP contribution is 2.14. The standard InChI is InChI=1S/C21H17N3O4/c25-21(18-8-10-19(11-9-18)24(26)27)23-22-14-16-6-12-20(13-7-16)28-15-17-4-2-1-3-5-17/h1-14H,15H2,(H,23,25). The minimum Gasteiger partial charge on any atom is -0.489 e. The lowest BCUT2D eigenvalue weighted by Gasteiger charge is -2.06. The van der Waals surface area contributed by atoms with E-state index in [1.54, 1.807) is 0 Å². The number of hydrogen-bond donors (Lipinski definition) is 1. The lowest BCUT2D eigenvalue weighted by Crippen LogP contribution is -2.17. The molecule has 0 saturated carbocycles. The summed E-state index contributed by atoms with van der Waals surface area (Å²) in [6.07, 6.45) is 1.50. The number of carbonyl (C=O) groups is 1. The Morgan fingerprint density at radius 2 is 1.68 bits per heavy atom. The summed E-state index contributed by atoms with van der Waals surface area (Å²) in [7, 11) is 0. The van der Waals surface area contributed by atoms with Crippen molar-refractivity contribution in [1.82, 2.24) is 5.43 Å². The number of nitrogens with one attached hydrogen (secondary N) is 1. The zero-order chi connectivity index (χ0) is 19.8. The van der Waals surface area contributed by atoms with E-state index in [0.29, 0.717) is 6.61 Å². The van der Waals surface area contributed by atoms with Gasteiger partial charge in [0.2, 0.25) is 0 Å². The van der Waals surface area contributed by atoms with Crippen molar-refractivity contribution in [2.75, 3.05) is 0 Å². The van der Waals surface area contributed by atoms with E-state index < -0.39 is 10.8 Å². The fraction of sp³-hybridized carbons (Fsp3) is 0.0476. The van der Waals surface area contributed by atoms with Crippen molar-refractivity contribution in [3.8, 4) is 5.75 Å². The number of hydrazone groups is 1. The van der Waals surface area contributed by atoms with E-state index in [-0.39, 0.29) is 11.3 Å². The smallest absolute Gasteiger partial charge is 0.271 e. The van der Waals surface area contributed by atoms with E-state index in [0.717, 1.165) is 16.9 Å². The second-order valence-corrected chi connectivity index (χ2v) is 5.85. The van der Waals surface area contributed by atoms with Gasteiger partial charge in [0, 0.05) is 17.7 Å². The highest BCUT2D eigenvalue weighted by atomic mass is 16.6. The Bertz CT molecular complexity index is 969. The van der Waals surface area contributed by atoms with Crippen molar-refractivity contribution < 1.29 is 14.5 Å². The SMILES string of the molecule is O=C(NN=Cc1ccc(OCc2ccccc2)cc1)c1ccc([N+](=O)[O-])cc1. The Hall–Kier alpha value is -4.00. The first-order chi connectivity index (χ1) is 13.6. The first-order valence-corrected chi connectivity index (χ1v) is 8.46. The number of nitro benzene ring substituents is 1. The lowest BCUT2D eigenvalue weighted by atomic mass is 10.2. The molecule has 1 amide bonds. The molecule has 28 heavy (non-hydrogen) atoms. The maximum absolute atomic E-state index is 12.0. The van der Waals surface area contributed by atoms with Crippen LogP contribution in [0, 0.1) is 10.1 Å². The van der Waals surface area contributed by atoms with E-state index in [9.17, 15) is 14.9 Å². The number of nitro groups is 1. The second-order valence-electron chi connectivity index (χ2n) is 5.85. The molecule has 7 heteroatoms. The van der Waals surface area contributed by atoms with Crippen molar-refractivity contribution >= 4 is 17.8 Å². The summed E-state index contributed by atoms with van der Waals surface area (Å²) in [5, 5.41) is 14.5. The van der Waals surface area contributed by atoms with Crippen LogP contribution in [0.1, 0.15) is 21.5 Å². The molecule has 0 fully saturated rings. The van der Waals surface area contributed by atoms with Crippen molar-refractivity contribution in [1.29, 1.82) is 0 Å². The predicted octanol–water partition coefficient (Wildman–Crippen LogP) is 3.94. The van der Waals surface area contributed by atoms with Crippen molar-refractivity contribution in [2.45, 2.75) is 6.61 Å². The van der Waals surface area contributed by atoms with Gasteiger partial charge in [-0.05, 0) is 47.5 Å². The van der Waals surface area contributed by atoms with Crippen LogP contribution in [0.4, 0.5) is 5.69 Å². The van der Waals surface area contributed by atoms with Crippen LogP contribution in [0.3, 0.4) is 0 Å². The topological polar surface area (TPSA) is 93.8 Å². The summed E-state index contributed by atoms with van der Waals surface area (Å²) in [6.45, 7) is 0.486. The molecule has 0 aliphatic carbocycles. The number of nitrogens with zero attached hydrogens (tertiary/aromatic N) is 2. The van der Waals surface area contributed by atoms with Crippen LogP contribution in [-0.4, -0.2) is 17.0 Å². The Labute approximate surface area is 161 Å². The number of hydrogen-bond acceptors (Lipinski definition) is 5. The molecule has 3 aromatic carbocycles. The summed E-state index contributed by atoms with van der Waals surface area (Å²) in [6, 6.07) is 22.5. The van der Waals surface area contributed by atoms with Gasteiger partial charge in [-0.15, -0.1) is 0 Å². The maximum Gasteiger partial charge on any atom is 0.271 e. The zero-order valence-electron chi connectivity index (χ0n) is 14.8. The fourth-order valence-electron chi connectivity index (χ4n) is 2.36. The van der Waals surface area contributed by atoms with Crippen LogP contribution < -0.4 is 10.2 Å². The van der Waals surface area contributed by atoms with Crippen LogP contribution in [-0.2, 0) is 6.61 Å². The molecule has 0 aliphatic heterocycles. The van der Waals surface area contributed by atoms with Crippen molar-refractivity contribution in [3.63, 3.8) is 0 Å². The fourth-order valence-corrected chi connectivity index (χ4v) is 2.36. The molecular weight excluding hydrogens is 358 g/mol.